The van der Waals surface area contributed by atoms with Crippen molar-refractivity contribution in [2.24, 2.45) is 16.3 Å². The summed E-state index contributed by atoms with van der Waals surface area (Å²) in [4.78, 5) is 7.06. The van der Waals surface area contributed by atoms with Crippen molar-refractivity contribution in [3.05, 3.63) is 35.4 Å². The fourth-order valence-electron chi connectivity index (χ4n) is 5.57. The van der Waals surface area contributed by atoms with Crippen LogP contribution in [0.4, 0.5) is 0 Å². The molecular formula is C20H27N3O. The average Bonchev–Trinajstić information content (AvgIpc) is 2.99. The maximum Gasteiger partial charge on any atom is 0.194 e. The van der Waals surface area contributed by atoms with Crippen molar-refractivity contribution >= 4 is 5.96 Å². The minimum atomic E-state index is 0.408. The Kier molecular flexibility index (Phi) is 3.37. The van der Waals surface area contributed by atoms with Crippen molar-refractivity contribution in [2.75, 3.05) is 20.2 Å². The van der Waals surface area contributed by atoms with Crippen LogP contribution in [0.15, 0.2) is 29.3 Å². The molecule has 0 radical (unpaired) electrons. The molecule has 0 amide bonds. The molecule has 1 aromatic rings. The van der Waals surface area contributed by atoms with Crippen molar-refractivity contribution in [2.45, 2.75) is 50.8 Å². The van der Waals surface area contributed by atoms with Crippen LogP contribution in [0.25, 0.3) is 0 Å². The van der Waals surface area contributed by atoms with Gasteiger partial charge < -0.3 is 15.0 Å². The standard InChI is InChI=1S/C20H27N3O/c1-21-19(23-11-7-14-5-2-3-6-15(14)13-23)22-17-16-8-12-24-18(16)20(17)9-4-10-20/h2-3,5-6,16-18H,4,7-13H2,1H3,(H,21,22). The van der Waals surface area contributed by atoms with E-state index in [1.807, 2.05) is 7.05 Å². The Bertz CT molecular complexity index is 667. The van der Waals surface area contributed by atoms with E-state index in [2.05, 4.69) is 39.5 Å². The highest BCUT2D eigenvalue weighted by atomic mass is 16.5. The first kappa shape index (κ1) is 14.8. The van der Waals surface area contributed by atoms with E-state index in [1.165, 1.54) is 36.8 Å². The van der Waals surface area contributed by atoms with E-state index in [-0.39, 0.29) is 0 Å². The van der Waals surface area contributed by atoms with E-state index >= 15 is 0 Å². The van der Waals surface area contributed by atoms with Crippen molar-refractivity contribution in [1.29, 1.82) is 0 Å². The Morgan fingerprint density at radius 2 is 2.12 bits per heavy atom. The molecular weight excluding hydrogens is 298 g/mol. The van der Waals surface area contributed by atoms with E-state index in [4.69, 9.17) is 4.74 Å². The minimum absolute atomic E-state index is 0.408. The lowest BCUT2D eigenvalue weighted by atomic mass is 9.46. The molecule has 0 aromatic heterocycles. The summed E-state index contributed by atoms with van der Waals surface area (Å²) in [6, 6.07) is 9.38. The molecule has 3 fully saturated rings. The lowest BCUT2D eigenvalue weighted by Gasteiger charge is -2.63. The lowest BCUT2D eigenvalue weighted by Crippen LogP contribution is -2.72. The van der Waals surface area contributed by atoms with Crippen LogP contribution in [0.5, 0.6) is 0 Å². The molecule has 1 saturated heterocycles. The monoisotopic (exact) mass is 325 g/mol. The summed E-state index contributed by atoms with van der Waals surface area (Å²) in [6.07, 6.45) is 6.85. The Morgan fingerprint density at radius 3 is 2.88 bits per heavy atom. The molecule has 2 heterocycles. The normalized spacial score (nSPS) is 33.5. The number of aliphatic imine (C=N–C) groups is 1. The van der Waals surface area contributed by atoms with Crippen LogP contribution < -0.4 is 5.32 Å². The van der Waals surface area contributed by atoms with Crippen molar-refractivity contribution < 1.29 is 4.74 Å². The highest BCUT2D eigenvalue weighted by molar-refractivity contribution is 5.81. The molecule has 5 rings (SSSR count). The van der Waals surface area contributed by atoms with Gasteiger partial charge in [-0.2, -0.15) is 0 Å². The second-order valence-corrected chi connectivity index (χ2v) is 7.94. The predicted molar refractivity (Wildman–Crippen MR) is 95.0 cm³/mol. The SMILES string of the molecule is CN=C(NC1C2CCOC2C12CCC2)N1CCc2ccccc2C1. The predicted octanol–water partition coefficient (Wildman–Crippen LogP) is 2.58. The molecule has 4 aliphatic rings. The Labute approximate surface area is 144 Å². The number of benzene rings is 1. The van der Waals surface area contributed by atoms with E-state index in [9.17, 15) is 0 Å². The summed E-state index contributed by atoms with van der Waals surface area (Å²) in [5, 5.41) is 3.86. The number of nitrogens with one attached hydrogen (secondary N) is 1. The summed E-state index contributed by atoms with van der Waals surface area (Å²) >= 11 is 0. The first-order chi connectivity index (χ1) is 11.8. The maximum atomic E-state index is 6.05. The van der Waals surface area contributed by atoms with E-state index in [1.54, 1.807) is 0 Å². The van der Waals surface area contributed by atoms with Gasteiger partial charge in [-0.25, -0.2) is 0 Å². The number of rotatable bonds is 1. The van der Waals surface area contributed by atoms with Crippen molar-refractivity contribution in [3.8, 4) is 0 Å². The number of fused-ring (bicyclic) bond motifs is 3. The highest BCUT2D eigenvalue weighted by Crippen LogP contribution is 2.62. The zero-order valence-corrected chi connectivity index (χ0v) is 14.5. The Balaban J connectivity index is 1.33. The van der Waals surface area contributed by atoms with Crippen LogP contribution in [0, 0.1) is 11.3 Å². The van der Waals surface area contributed by atoms with Gasteiger partial charge in [-0.15, -0.1) is 0 Å². The van der Waals surface area contributed by atoms with Gasteiger partial charge in [0.1, 0.15) is 0 Å². The topological polar surface area (TPSA) is 36.9 Å². The number of ether oxygens (including phenoxy) is 1. The summed E-state index contributed by atoms with van der Waals surface area (Å²) in [5.41, 5.74) is 3.35. The molecule has 4 heteroatoms. The van der Waals surface area contributed by atoms with Crippen molar-refractivity contribution in [1.82, 2.24) is 10.2 Å². The van der Waals surface area contributed by atoms with Gasteiger partial charge in [0.2, 0.25) is 0 Å². The second kappa shape index (κ2) is 5.48. The third kappa shape index (κ3) is 1.98. The molecule has 24 heavy (non-hydrogen) atoms. The molecule has 1 N–H and O–H groups in total. The number of hydrogen-bond acceptors (Lipinski definition) is 2. The van der Waals surface area contributed by atoms with Crippen LogP contribution in [0.1, 0.15) is 36.8 Å². The van der Waals surface area contributed by atoms with E-state index < -0.39 is 0 Å². The van der Waals surface area contributed by atoms with Crippen LogP contribution in [0.2, 0.25) is 0 Å². The summed E-state index contributed by atoms with van der Waals surface area (Å²) < 4.78 is 6.05. The second-order valence-electron chi connectivity index (χ2n) is 7.94. The first-order valence-electron chi connectivity index (χ1n) is 9.48. The number of nitrogens with zero attached hydrogens (tertiary/aromatic N) is 2. The zero-order chi connectivity index (χ0) is 16.1. The van der Waals surface area contributed by atoms with Crippen LogP contribution >= 0.6 is 0 Å². The van der Waals surface area contributed by atoms with E-state index in [0.29, 0.717) is 23.5 Å². The summed E-state index contributed by atoms with van der Waals surface area (Å²) in [5.74, 6) is 1.78. The van der Waals surface area contributed by atoms with E-state index in [0.717, 1.165) is 32.1 Å². The zero-order valence-electron chi connectivity index (χ0n) is 14.5. The molecule has 1 spiro atoms. The molecule has 2 saturated carbocycles. The third-order valence-corrected chi connectivity index (χ3v) is 6.96. The largest absolute Gasteiger partial charge is 0.377 e. The number of hydrogen-bond donors (Lipinski definition) is 1. The molecule has 4 nitrogen and oxygen atoms in total. The molecule has 2 aliphatic heterocycles. The third-order valence-electron chi connectivity index (χ3n) is 6.96. The van der Waals surface area contributed by atoms with Gasteiger partial charge in [-0.3, -0.25) is 4.99 Å². The van der Waals surface area contributed by atoms with Gasteiger partial charge in [-0.05, 0) is 36.8 Å². The fraction of sp³-hybridized carbons (Fsp3) is 0.650. The molecule has 2 aliphatic carbocycles. The average molecular weight is 325 g/mol. The van der Waals surface area contributed by atoms with Gasteiger partial charge in [0.05, 0.1) is 6.10 Å². The van der Waals surface area contributed by atoms with Gasteiger partial charge in [-0.1, -0.05) is 30.7 Å². The Morgan fingerprint density at radius 1 is 1.29 bits per heavy atom. The smallest absolute Gasteiger partial charge is 0.194 e. The first-order valence-corrected chi connectivity index (χ1v) is 9.48. The maximum absolute atomic E-state index is 6.05. The van der Waals surface area contributed by atoms with Gasteiger partial charge in [0.15, 0.2) is 5.96 Å². The van der Waals surface area contributed by atoms with Gasteiger partial charge >= 0.3 is 0 Å². The molecule has 128 valence electrons. The van der Waals surface area contributed by atoms with Crippen molar-refractivity contribution in [3.63, 3.8) is 0 Å². The molecule has 3 unspecified atom stereocenters. The van der Waals surface area contributed by atoms with Gasteiger partial charge in [0, 0.05) is 44.1 Å². The van der Waals surface area contributed by atoms with Gasteiger partial charge in [0.25, 0.3) is 0 Å². The lowest BCUT2D eigenvalue weighted by molar-refractivity contribution is -0.171. The molecule has 0 bridgehead atoms. The summed E-state index contributed by atoms with van der Waals surface area (Å²) in [6.45, 7) is 2.98. The minimum Gasteiger partial charge on any atom is -0.377 e. The summed E-state index contributed by atoms with van der Waals surface area (Å²) in [7, 11) is 1.93. The molecule has 1 aromatic carbocycles. The van der Waals surface area contributed by atoms with Crippen LogP contribution in [-0.2, 0) is 17.7 Å². The Hall–Kier alpha value is -1.55. The fourth-order valence-corrected chi connectivity index (χ4v) is 5.57. The number of guanidine groups is 1. The van der Waals surface area contributed by atoms with Crippen LogP contribution in [-0.4, -0.2) is 43.2 Å². The van der Waals surface area contributed by atoms with Crippen LogP contribution in [0.3, 0.4) is 0 Å². The highest BCUT2D eigenvalue weighted by Gasteiger charge is 2.66. The molecule has 3 atom stereocenters. The quantitative estimate of drug-likeness (QED) is 0.637.